The smallest absolute Gasteiger partial charge is 0.404 e. The summed E-state index contributed by atoms with van der Waals surface area (Å²) in [5, 5.41) is 12.3. The van der Waals surface area contributed by atoms with Crippen LogP contribution in [0.25, 0.3) is 0 Å². The Morgan fingerprint density at radius 1 is 1.62 bits per heavy atom. The molecule has 1 rings (SSSR count). The summed E-state index contributed by atoms with van der Waals surface area (Å²) in [6.45, 7) is 0.516. The number of primary amides is 1. The van der Waals surface area contributed by atoms with E-state index >= 15 is 0 Å². The van der Waals surface area contributed by atoms with Gasteiger partial charge in [0.15, 0.2) is 0 Å². The zero-order chi connectivity index (χ0) is 12.0. The molecule has 0 fully saturated rings. The lowest BCUT2D eigenvalue weighted by Gasteiger charge is -2.08. The van der Waals surface area contributed by atoms with Crippen molar-refractivity contribution in [2.24, 2.45) is 5.73 Å². The summed E-state index contributed by atoms with van der Waals surface area (Å²) in [5.74, 6) is 0. The number of nitrogens with zero attached hydrogens (tertiary/aromatic N) is 1. The van der Waals surface area contributed by atoms with Crippen LogP contribution in [0.2, 0.25) is 5.02 Å². The van der Waals surface area contributed by atoms with Crippen molar-refractivity contribution in [3.8, 4) is 6.07 Å². The number of halogens is 1. The van der Waals surface area contributed by atoms with Crippen molar-refractivity contribution in [1.82, 2.24) is 0 Å². The number of amides is 1. The summed E-state index contributed by atoms with van der Waals surface area (Å²) in [7, 11) is 0. The van der Waals surface area contributed by atoms with Crippen LogP contribution in [-0.2, 0) is 4.74 Å². The summed E-state index contributed by atoms with van der Waals surface area (Å²) in [6.07, 6.45) is -0.821. The molecular formula is C10H10ClN3O2. The van der Waals surface area contributed by atoms with Gasteiger partial charge >= 0.3 is 6.09 Å². The zero-order valence-electron chi connectivity index (χ0n) is 8.37. The van der Waals surface area contributed by atoms with Crippen LogP contribution >= 0.6 is 11.6 Å². The molecule has 0 aliphatic heterocycles. The van der Waals surface area contributed by atoms with Crippen molar-refractivity contribution < 1.29 is 9.53 Å². The van der Waals surface area contributed by atoms with Crippen LogP contribution in [0.5, 0.6) is 0 Å². The molecule has 1 aromatic rings. The number of nitriles is 1. The third-order valence-corrected chi connectivity index (χ3v) is 2.00. The Bertz CT molecular complexity index is 429. The summed E-state index contributed by atoms with van der Waals surface area (Å²) in [6, 6.07) is 6.91. The highest BCUT2D eigenvalue weighted by atomic mass is 35.5. The normalized spacial score (nSPS) is 9.25. The molecule has 1 aromatic carbocycles. The molecule has 0 spiro atoms. The van der Waals surface area contributed by atoms with Gasteiger partial charge in [0.05, 0.1) is 11.3 Å². The van der Waals surface area contributed by atoms with Gasteiger partial charge in [-0.15, -0.1) is 0 Å². The van der Waals surface area contributed by atoms with E-state index in [4.69, 9.17) is 22.6 Å². The predicted molar refractivity (Wildman–Crippen MR) is 60.2 cm³/mol. The second kappa shape index (κ2) is 5.83. The fraction of sp³-hybridized carbons (Fsp3) is 0.200. The lowest BCUT2D eigenvalue weighted by molar-refractivity contribution is 0.161. The topological polar surface area (TPSA) is 88.1 Å². The molecule has 0 aliphatic carbocycles. The van der Waals surface area contributed by atoms with Gasteiger partial charge in [-0.05, 0) is 18.2 Å². The van der Waals surface area contributed by atoms with E-state index in [-0.39, 0.29) is 6.61 Å². The maximum Gasteiger partial charge on any atom is 0.404 e. The maximum atomic E-state index is 10.3. The van der Waals surface area contributed by atoms with Crippen LogP contribution in [0.15, 0.2) is 18.2 Å². The Morgan fingerprint density at radius 2 is 2.38 bits per heavy atom. The molecule has 5 nitrogen and oxygen atoms in total. The Hall–Kier alpha value is -1.93. The minimum atomic E-state index is -0.821. The molecule has 6 heteroatoms. The van der Waals surface area contributed by atoms with Crippen LogP contribution < -0.4 is 11.1 Å². The Kier molecular flexibility index (Phi) is 4.42. The van der Waals surface area contributed by atoms with E-state index in [0.29, 0.717) is 22.8 Å². The van der Waals surface area contributed by atoms with Gasteiger partial charge in [-0.2, -0.15) is 5.26 Å². The molecule has 16 heavy (non-hydrogen) atoms. The van der Waals surface area contributed by atoms with Crippen molar-refractivity contribution in [3.63, 3.8) is 0 Å². The monoisotopic (exact) mass is 239 g/mol. The van der Waals surface area contributed by atoms with Gasteiger partial charge in [-0.3, -0.25) is 0 Å². The van der Waals surface area contributed by atoms with E-state index in [1.807, 2.05) is 6.07 Å². The Balaban J connectivity index is 2.54. The fourth-order valence-electron chi connectivity index (χ4n) is 1.10. The van der Waals surface area contributed by atoms with Crippen LogP contribution in [-0.4, -0.2) is 19.2 Å². The number of carbonyl (C=O) groups excluding carboxylic acids is 1. The number of ether oxygens (including phenoxy) is 1. The molecule has 0 atom stereocenters. The highest BCUT2D eigenvalue weighted by Crippen LogP contribution is 2.19. The highest BCUT2D eigenvalue weighted by molar-refractivity contribution is 6.30. The summed E-state index contributed by atoms with van der Waals surface area (Å²) >= 11 is 5.73. The number of nitrogens with two attached hydrogens (primary N) is 1. The first-order valence-electron chi connectivity index (χ1n) is 4.49. The highest BCUT2D eigenvalue weighted by Gasteiger charge is 2.02. The van der Waals surface area contributed by atoms with E-state index in [2.05, 4.69) is 10.1 Å². The van der Waals surface area contributed by atoms with Crippen LogP contribution in [0.4, 0.5) is 10.5 Å². The molecular weight excluding hydrogens is 230 g/mol. The predicted octanol–water partition coefficient (Wildman–Crippen LogP) is 1.72. The number of hydrogen-bond acceptors (Lipinski definition) is 4. The first-order valence-corrected chi connectivity index (χ1v) is 4.87. The average molecular weight is 240 g/mol. The molecule has 0 saturated carbocycles. The first kappa shape index (κ1) is 12.1. The number of benzene rings is 1. The molecule has 0 aromatic heterocycles. The number of carbonyl (C=O) groups is 1. The third-order valence-electron chi connectivity index (χ3n) is 1.76. The largest absolute Gasteiger partial charge is 0.448 e. The average Bonchev–Trinajstić information content (AvgIpc) is 2.25. The van der Waals surface area contributed by atoms with Crippen molar-refractivity contribution in [2.75, 3.05) is 18.5 Å². The second-order valence-electron chi connectivity index (χ2n) is 2.90. The summed E-state index contributed by atoms with van der Waals surface area (Å²) < 4.78 is 4.53. The van der Waals surface area contributed by atoms with Crippen LogP contribution in [0.3, 0.4) is 0 Å². The van der Waals surface area contributed by atoms with Gasteiger partial charge in [-0.25, -0.2) is 4.79 Å². The van der Waals surface area contributed by atoms with Gasteiger partial charge in [-0.1, -0.05) is 11.6 Å². The molecule has 0 heterocycles. The Morgan fingerprint density at radius 3 is 3.00 bits per heavy atom. The van der Waals surface area contributed by atoms with Crippen molar-refractivity contribution >= 4 is 23.4 Å². The van der Waals surface area contributed by atoms with E-state index < -0.39 is 6.09 Å². The molecule has 0 radical (unpaired) electrons. The van der Waals surface area contributed by atoms with Gasteiger partial charge in [0.2, 0.25) is 0 Å². The minimum absolute atomic E-state index is 0.142. The summed E-state index contributed by atoms with van der Waals surface area (Å²) in [4.78, 5) is 10.3. The fourth-order valence-corrected chi connectivity index (χ4v) is 1.27. The van der Waals surface area contributed by atoms with E-state index in [1.165, 1.54) is 0 Å². The second-order valence-corrected chi connectivity index (χ2v) is 3.33. The van der Waals surface area contributed by atoms with Crippen molar-refractivity contribution in [1.29, 1.82) is 5.26 Å². The summed E-state index contributed by atoms with van der Waals surface area (Å²) in [5.41, 5.74) is 5.86. The third kappa shape index (κ3) is 3.67. The van der Waals surface area contributed by atoms with Crippen molar-refractivity contribution in [3.05, 3.63) is 28.8 Å². The standard InChI is InChI=1S/C10H10ClN3O2/c11-8-1-2-9(7(5-8)6-12)14-3-4-16-10(13)15/h1-2,5,14H,3-4H2,(H2,13,15). The van der Waals surface area contributed by atoms with Gasteiger partial charge in [0, 0.05) is 11.6 Å². The van der Waals surface area contributed by atoms with E-state index in [0.717, 1.165) is 0 Å². The molecule has 0 unspecified atom stereocenters. The van der Waals surface area contributed by atoms with Crippen LogP contribution in [0.1, 0.15) is 5.56 Å². The number of anilines is 1. The molecule has 0 bridgehead atoms. The molecule has 0 saturated heterocycles. The SMILES string of the molecule is N#Cc1cc(Cl)ccc1NCCOC(N)=O. The first-order chi connectivity index (χ1) is 7.63. The quantitative estimate of drug-likeness (QED) is 0.783. The molecule has 84 valence electrons. The minimum Gasteiger partial charge on any atom is -0.448 e. The number of rotatable bonds is 4. The molecule has 1 amide bonds. The van der Waals surface area contributed by atoms with Gasteiger partial charge in [0.25, 0.3) is 0 Å². The molecule has 0 aliphatic rings. The van der Waals surface area contributed by atoms with Crippen molar-refractivity contribution in [2.45, 2.75) is 0 Å². The van der Waals surface area contributed by atoms with Crippen LogP contribution in [0, 0.1) is 11.3 Å². The van der Waals surface area contributed by atoms with E-state index in [9.17, 15) is 4.79 Å². The molecule has 3 N–H and O–H groups in total. The number of hydrogen-bond donors (Lipinski definition) is 2. The van der Waals surface area contributed by atoms with Gasteiger partial charge < -0.3 is 15.8 Å². The lowest BCUT2D eigenvalue weighted by atomic mass is 10.2. The lowest BCUT2D eigenvalue weighted by Crippen LogP contribution is -2.18. The van der Waals surface area contributed by atoms with Gasteiger partial charge in [0.1, 0.15) is 12.7 Å². The van der Waals surface area contributed by atoms with E-state index in [1.54, 1.807) is 18.2 Å². The Labute approximate surface area is 97.8 Å². The zero-order valence-corrected chi connectivity index (χ0v) is 9.12. The number of nitrogens with one attached hydrogen (secondary N) is 1. The maximum absolute atomic E-state index is 10.3.